The number of carbonyl (C=O) groups is 2. The number of rotatable bonds is 3. The summed E-state index contributed by atoms with van der Waals surface area (Å²) in [6.45, 7) is 15.2. The molecule has 0 spiro atoms. The van der Waals surface area contributed by atoms with Crippen LogP contribution in [0.1, 0.15) is 50.5 Å². The zero-order valence-electron chi connectivity index (χ0n) is 17.5. The molecule has 1 aromatic carbocycles. The van der Waals surface area contributed by atoms with Crippen LogP contribution in [0.25, 0.3) is 15.8 Å². The number of benzene rings is 1. The van der Waals surface area contributed by atoms with E-state index in [0.29, 0.717) is 19.6 Å². The second kappa shape index (κ2) is 7.67. The van der Waals surface area contributed by atoms with E-state index >= 15 is 0 Å². The lowest BCUT2D eigenvalue weighted by molar-refractivity contribution is 0.0218. The predicted octanol–water partition coefficient (Wildman–Crippen LogP) is 4.47. The Hall–Kier alpha value is -2.61. The molecule has 7 nitrogen and oxygen atoms in total. The van der Waals surface area contributed by atoms with Gasteiger partial charge in [0.2, 0.25) is 0 Å². The second-order valence-electron chi connectivity index (χ2n) is 8.42. The van der Waals surface area contributed by atoms with Crippen molar-refractivity contribution in [1.29, 1.82) is 0 Å². The molecular formula is C21H27N3O4S. The fourth-order valence-electron chi connectivity index (χ4n) is 3.32. The first-order chi connectivity index (χ1) is 13.5. The summed E-state index contributed by atoms with van der Waals surface area (Å²) in [4.78, 5) is 32.5. The van der Waals surface area contributed by atoms with Gasteiger partial charge in [0.05, 0.1) is 15.8 Å². The van der Waals surface area contributed by atoms with Crippen molar-refractivity contribution in [3.8, 4) is 0 Å². The Balaban J connectivity index is 1.86. The van der Waals surface area contributed by atoms with Gasteiger partial charge in [0.15, 0.2) is 5.13 Å². The van der Waals surface area contributed by atoms with E-state index in [4.69, 9.17) is 9.72 Å². The highest BCUT2D eigenvalue weighted by molar-refractivity contribution is 7.22. The number of carboxylic acids is 1. The van der Waals surface area contributed by atoms with Crippen LogP contribution in [0.4, 0.5) is 9.93 Å². The topological polar surface area (TPSA) is 83.0 Å². The van der Waals surface area contributed by atoms with Crippen molar-refractivity contribution in [2.45, 2.75) is 46.3 Å². The second-order valence-corrected chi connectivity index (χ2v) is 9.43. The Morgan fingerprint density at radius 2 is 2.00 bits per heavy atom. The number of aromatic carboxylic acids is 1. The first-order valence-electron chi connectivity index (χ1n) is 9.54. The van der Waals surface area contributed by atoms with Crippen LogP contribution in [-0.4, -0.2) is 58.3 Å². The quantitative estimate of drug-likeness (QED) is 0.793. The average Bonchev–Trinajstić information content (AvgIpc) is 3.02. The van der Waals surface area contributed by atoms with Gasteiger partial charge in [0.25, 0.3) is 0 Å². The summed E-state index contributed by atoms with van der Waals surface area (Å²) >= 11 is 1.47. The van der Waals surface area contributed by atoms with Gasteiger partial charge in [0.1, 0.15) is 5.60 Å². The van der Waals surface area contributed by atoms with Crippen LogP contribution in [0.5, 0.6) is 0 Å². The molecule has 2 aromatic rings. The van der Waals surface area contributed by atoms with Crippen molar-refractivity contribution < 1.29 is 19.4 Å². The first-order valence-corrected chi connectivity index (χ1v) is 10.4. The third-order valence-corrected chi connectivity index (χ3v) is 5.75. The van der Waals surface area contributed by atoms with Gasteiger partial charge in [-0.25, -0.2) is 14.6 Å². The number of hydrogen-bond donors (Lipinski definition) is 1. The number of nitrogens with zero attached hydrogens (tertiary/aromatic N) is 3. The summed E-state index contributed by atoms with van der Waals surface area (Å²) in [6.07, 6.45) is -0.302. The van der Waals surface area contributed by atoms with Crippen LogP contribution in [0, 0.1) is 0 Å². The summed E-state index contributed by atoms with van der Waals surface area (Å²) < 4.78 is 6.30. The third-order valence-electron chi connectivity index (χ3n) is 4.72. The highest BCUT2D eigenvalue weighted by atomic mass is 32.1. The van der Waals surface area contributed by atoms with E-state index in [1.807, 2.05) is 34.6 Å². The first kappa shape index (κ1) is 21.1. The fraction of sp³-hybridized carbons (Fsp3) is 0.476. The molecule has 1 aliphatic heterocycles. The summed E-state index contributed by atoms with van der Waals surface area (Å²) in [7, 11) is 0. The number of ether oxygens (including phenoxy) is 1. The SMILES string of the molecule is C=C(C)c1cc(C(=O)O)cc2sc(N3CCN(C(=O)OC(C)(C)C)CC3C)nc12. The van der Waals surface area contributed by atoms with E-state index in [1.165, 1.54) is 11.3 Å². The number of amides is 1. The maximum absolute atomic E-state index is 12.4. The van der Waals surface area contributed by atoms with Gasteiger partial charge in [-0.15, -0.1) is 0 Å². The third kappa shape index (κ3) is 4.53. The van der Waals surface area contributed by atoms with E-state index in [-0.39, 0.29) is 17.7 Å². The van der Waals surface area contributed by atoms with E-state index < -0.39 is 11.6 Å². The molecule has 29 heavy (non-hydrogen) atoms. The van der Waals surface area contributed by atoms with E-state index in [2.05, 4.69) is 11.5 Å². The van der Waals surface area contributed by atoms with Gasteiger partial charge in [-0.3, -0.25) is 0 Å². The maximum Gasteiger partial charge on any atom is 0.410 e. The summed E-state index contributed by atoms with van der Waals surface area (Å²) in [6, 6.07) is 3.34. The number of anilines is 1. The van der Waals surface area contributed by atoms with Gasteiger partial charge in [0, 0.05) is 31.2 Å². The predicted molar refractivity (Wildman–Crippen MR) is 116 cm³/mol. The number of thiazole rings is 1. The molecule has 1 aliphatic rings. The van der Waals surface area contributed by atoms with Gasteiger partial charge >= 0.3 is 12.1 Å². The summed E-state index contributed by atoms with van der Waals surface area (Å²) in [5.74, 6) is -0.969. The standard InChI is InChI=1S/C21H27N3O4S/c1-12(2)15-9-14(18(25)26)10-16-17(15)22-19(29-16)24-8-7-23(11-13(24)3)20(27)28-21(4,5)6/h9-10,13H,1,7-8,11H2,2-6H3,(H,25,26). The number of carbonyl (C=O) groups excluding carboxylic acids is 1. The van der Waals surface area contributed by atoms with Crippen molar-refractivity contribution in [3.63, 3.8) is 0 Å². The molecule has 0 aliphatic carbocycles. The Morgan fingerprint density at radius 1 is 1.31 bits per heavy atom. The van der Waals surface area contributed by atoms with E-state index in [1.54, 1.807) is 17.0 Å². The van der Waals surface area contributed by atoms with Gasteiger partial charge < -0.3 is 19.6 Å². The lowest BCUT2D eigenvalue weighted by Crippen LogP contribution is -2.54. The highest BCUT2D eigenvalue weighted by Crippen LogP contribution is 2.35. The number of hydrogen-bond acceptors (Lipinski definition) is 6. The molecule has 156 valence electrons. The van der Waals surface area contributed by atoms with E-state index in [0.717, 1.165) is 26.5 Å². The smallest absolute Gasteiger partial charge is 0.410 e. The molecule has 3 rings (SSSR count). The molecule has 1 N–H and O–H groups in total. The average molecular weight is 418 g/mol. The van der Waals surface area contributed by atoms with Crippen LogP contribution in [0.2, 0.25) is 0 Å². The van der Waals surface area contributed by atoms with E-state index in [9.17, 15) is 14.7 Å². The molecule has 1 atom stereocenters. The molecular weight excluding hydrogens is 390 g/mol. The van der Waals surface area contributed by atoms with Crippen LogP contribution in [-0.2, 0) is 4.74 Å². The number of piperazine rings is 1. The molecule has 0 saturated carbocycles. The summed E-state index contributed by atoms with van der Waals surface area (Å²) in [5.41, 5.74) is 2.00. The minimum atomic E-state index is -0.969. The zero-order chi connectivity index (χ0) is 21.5. The van der Waals surface area contributed by atoms with Crippen LogP contribution in [0.15, 0.2) is 18.7 Å². The minimum absolute atomic E-state index is 0.0593. The van der Waals surface area contributed by atoms with Crippen LogP contribution >= 0.6 is 11.3 Å². The van der Waals surface area contributed by atoms with Crippen molar-refractivity contribution >= 4 is 44.3 Å². The number of fused-ring (bicyclic) bond motifs is 1. The summed E-state index contributed by atoms with van der Waals surface area (Å²) in [5, 5.41) is 10.2. The molecule has 1 fully saturated rings. The zero-order valence-corrected chi connectivity index (χ0v) is 18.3. The van der Waals surface area contributed by atoms with Crippen LogP contribution < -0.4 is 4.90 Å². The monoisotopic (exact) mass is 417 g/mol. The van der Waals surface area contributed by atoms with Gasteiger partial charge in [-0.2, -0.15) is 0 Å². The minimum Gasteiger partial charge on any atom is -0.478 e. The molecule has 1 aromatic heterocycles. The molecule has 8 heteroatoms. The lowest BCUT2D eigenvalue weighted by Gasteiger charge is -2.40. The van der Waals surface area contributed by atoms with Crippen LogP contribution in [0.3, 0.4) is 0 Å². The van der Waals surface area contributed by atoms with Crippen molar-refractivity contribution in [1.82, 2.24) is 9.88 Å². The Morgan fingerprint density at radius 3 is 2.55 bits per heavy atom. The normalized spacial score (nSPS) is 17.5. The largest absolute Gasteiger partial charge is 0.478 e. The van der Waals surface area contributed by atoms with Crippen molar-refractivity contribution in [2.24, 2.45) is 0 Å². The Labute approximate surface area is 174 Å². The van der Waals surface area contributed by atoms with Crippen molar-refractivity contribution in [3.05, 3.63) is 29.8 Å². The maximum atomic E-state index is 12.4. The molecule has 0 bridgehead atoms. The van der Waals surface area contributed by atoms with Gasteiger partial charge in [-0.1, -0.05) is 17.9 Å². The number of allylic oxidation sites excluding steroid dienone is 1. The molecule has 1 amide bonds. The lowest BCUT2D eigenvalue weighted by atomic mass is 10.0. The van der Waals surface area contributed by atoms with Gasteiger partial charge in [-0.05, 0) is 52.3 Å². The highest BCUT2D eigenvalue weighted by Gasteiger charge is 2.31. The number of carboxylic acid groups (broad SMARTS) is 1. The molecule has 2 heterocycles. The Bertz CT molecular complexity index is 976. The molecule has 1 saturated heterocycles. The Kier molecular flexibility index (Phi) is 5.58. The molecule has 1 unspecified atom stereocenters. The van der Waals surface area contributed by atoms with Crippen molar-refractivity contribution in [2.75, 3.05) is 24.5 Å². The molecule has 0 radical (unpaired) electrons. The number of aromatic nitrogens is 1. The fourth-order valence-corrected chi connectivity index (χ4v) is 4.48.